The van der Waals surface area contributed by atoms with E-state index in [-0.39, 0.29) is 11.5 Å². The van der Waals surface area contributed by atoms with Gasteiger partial charge in [-0.3, -0.25) is 9.20 Å². The van der Waals surface area contributed by atoms with Gasteiger partial charge in [0.05, 0.1) is 12.8 Å². The standard InChI is InChI=1S/C16H21N3O3/c1-6-11-8-13(20)19-9-12(7-10(2)14(19)17-11)18-16(3,4)15(21)22-5/h7-9,18H,6H2,1-5H3. The number of anilines is 1. The first-order valence-corrected chi connectivity index (χ1v) is 7.18. The van der Waals surface area contributed by atoms with E-state index in [2.05, 4.69) is 10.3 Å². The number of hydrogen-bond acceptors (Lipinski definition) is 5. The van der Waals surface area contributed by atoms with E-state index in [0.29, 0.717) is 17.8 Å². The van der Waals surface area contributed by atoms with Crippen LogP contribution in [0.2, 0.25) is 0 Å². The largest absolute Gasteiger partial charge is 0.467 e. The summed E-state index contributed by atoms with van der Waals surface area (Å²) in [7, 11) is 1.35. The lowest BCUT2D eigenvalue weighted by molar-refractivity contribution is -0.144. The quantitative estimate of drug-likeness (QED) is 0.874. The van der Waals surface area contributed by atoms with Crippen LogP contribution in [0.25, 0.3) is 5.65 Å². The smallest absolute Gasteiger partial charge is 0.330 e. The van der Waals surface area contributed by atoms with Crippen molar-refractivity contribution in [3.8, 4) is 0 Å². The van der Waals surface area contributed by atoms with Crippen LogP contribution in [0.5, 0.6) is 0 Å². The summed E-state index contributed by atoms with van der Waals surface area (Å²) in [6.07, 6.45) is 2.36. The van der Waals surface area contributed by atoms with E-state index in [0.717, 1.165) is 11.3 Å². The number of rotatable bonds is 4. The molecule has 0 saturated carbocycles. The lowest BCUT2D eigenvalue weighted by Gasteiger charge is -2.24. The van der Waals surface area contributed by atoms with E-state index >= 15 is 0 Å². The molecule has 0 amide bonds. The minimum Gasteiger partial charge on any atom is -0.467 e. The zero-order chi connectivity index (χ0) is 16.5. The molecule has 1 N–H and O–H groups in total. The average molecular weight is 303 g/mol. The monoisotopic (exact) mass is 303 g/mol. The molecule has 0 unspecified atom stereocenters. The molecule has 0 atom stereocenters. The van der Waals surface area contributed by atoms with Gasteiger partial charge in [0.15, 0.2) is 0 Å². The number of aryl methyl sites for hydroxylation is 2. The third-order valence-corrected chi connectivity index (χ3v) is 3.51. The van der Waals surface area contributed by atoms with Crippen LogP contribution in [-0.4, -0.2) is 28.0 Å². The van der Waals surface area contributed by atoms with Gasteiger partial charge in [-0.15, -0.1) is 0 Å². The Balaban J connectivity index is 2.53. The molecule has 0 aliphatic heterocycles. The average Bonchev–Trinajstić information content (AvgIpc) is 2.46. The molecule has 0 aliphatic carbocycles. The number of carbonyl (C=O) groups is 1. The van der Waals surface area contributed by atoms with E-state index in [1.807, 2.05) is 19.9 Å². The minimum atomic E-state index is -0.894. The molecule has 0 aliphatic rings. The third kappa shape index (κ3) is 2.95. The number of ether oxygens (including phenoxy) is 1. The first-order chi connectivity index (χ1) is 10.3. The first-order valence-electron chi connectivity index (χ1n) is 7.18. The van der Waals surface area contributed by atoms with Crippen LogP contribution in [0, 0.1) is 6.92 Å². The van der Waals surface area contributed by atoms with Gasteiger partial charge in [0, 0.05) is 18.0 Å². The zero-order valence-corrected chi connectivity index (χ0v) is 13.6. The molecular formula is C16H21N3O3. The molecule has 6 nitrogen and oxygen atoms in total. The minimum absolute atomic E-state index is 0.135. The summed E-state index contributed by atoms with van der Waals surface area (Å²) < 4.78 is 6.27. The Labute approximate surface area is 129 Å². The first kappa shape index (κ1) is 16.0. The van der Waals surface area contributed by atoms with Gasteiger partial charge in [0.25, 0.3) is 5.56 Å². The molecular weight excluding hydrogens is 282 g/mol. The number of hydrogen-bond donors (Lipinski definition) is 1. The highest BCUT2D eigenvalue weighted by Gasteiger charge is 2.28. The fraction of sp³-hybridized carbons (Fsp3) is 0.438. The summed E-state index contributed by atoms with van der Waals surface area (Å²) in [5, 5.41) is 3.10. The van der Waals surface area contributed by atoms with Crippen LogP contribution in [0.3, 0.4) is 0 Å². The second kappa shape index (κ2) is 5.79. The normalized spacial score (nSPS) is 11.5. The summed E-state index contributed by atoms with van der Waals surface area (Å²) >= 11 is 0. The van der Waals surface area contributed by atoms with Crippen molar-refractivity contribution in [2.45, 2.75) is 39.7 Å². The van der Waals surface area contributed by atoms with Crippen LogP contribution >= 0.6 is 0 Å². The summed E-state index contributed by atoms with van der Waals surface area (Å²) in [6, 6.07) is 3.40. The Morgan fingerprint density at radius 2 is 2.09 bits per heavy atom. The number of nitrogens with zero attached hydrogens (tertiary/aromatic N) is 2. The Bertz CT molecular complexity index is 778. The molecule has 2 heterocycles. The third-order valence-electron chi connectivity index (χ3n) is 3.51. The highest BCUT2D eigenvalue weighted by Crippen LogP contribution is 2.19. The van der Waals surface area contributed by atoms with E-state index in [1.54, 1.807) is 20.0 Å². The number of aromatic nitrogens is 2. The van der Waals surface area contributed by atoms with Gasteiger partial charge < -0.3 is 10.1 Å². The van der Waals surface area contributed by atoms with Crippen molar-refractivity contribution in [3.05, 3.63) is 39.9 Å². The topological polar surface area (TPSA) is 72.7 Å². The second-order valence-electron chi connectivity index (χ2n) is 5.79. The Kier molecular flexibility index (Phi) is 4.21. The number of carbonyl (C=O) groups excluding carboxylic acids is 1. The van der Waals surface area contributed by atoms with Gasteiger partial charge in [-0.1, -0.05) is 6.92 Å². The molecule has 0 aromatic carbocycles. The molecule has 118 valence electrons. The molecule has 2 aromatic rings. The van der Waals surface area contributed by atoms with Crippen LogP contribution in [-0.2, 0) is 16.0 Å². The van der Waals surface area contributed by atoms with Crippen molar-refractivity contribution >= 4 is 17.3 Å². The van der Waals surface area contributed by atoms with Crippen molar-refractivity contribution in [1.29, 1.82) is 0 Å². The molecule has 0 spiro atoms. The molecule has 2 rings (SSSR count). The fourth-order valence-electron chi connectivity index (χ4n) is 2.33. The SMILES string of the molecule is CCc1cc(=O)n2cc(NC(C)(C)C(=O)OC)cc(C)c2n1. The van der Waals surface area contributed by atoms with Crippen molar-refractivity contribution in [3.63, 3.8) is 0 Å². The van der Waals surface area contributed by atoms with E-state index < -0.39 is 5.54 Å². The summed E-state index contributed by atoms with van der Waals surface area (Å²) in [5.74, 6) is -0.378. The second-order valence-corrected chi connectivity index (χ2v) is 5.79. The highest BCUT2D eigenvalue weighted by molar-refractivity contribution is 5.83. The van der Waals surface area contributed by atoms with E-state index in [9.17, 15) is 9.59 Å². The van der Waals surface area contributed by atoms with E-state index in [1.165, 1.54) is 17.6 Å². The van der Waals surface area contributed by atoms with Crippen molar-refractivity contribution in [1.82, 2.24) is 9.38 Å². The van der Waals surface area contributed by atoms with Crippen molar-refractivity contribution in [2.75, 3.05) is 12.4 Å². The fourth-order valence-corrected chi connectivity index (χ4v) is 2.33. The maximum Gasteiger partial charge on any atom is 0.330 e. The lowest BCUT2D eigenvalue weighted by Crippen LogP contribution is -2.41. The molecule has 2 aromatic heterocycles. The summed E-state index contributed by atoms with van der Waals surface area (Å²) in [4.78, 5) is 28.5. The molecule has 0 fully saturated rings. The zero-order valence-electron chi connectivity index (χ0n) is 13.6. The lowest BCUT2D eigenvalue weighted by atomic mass is 10.1. The van der Waals surface area contributed by atoms with Gasteiger partial charge in [-0.2, -0.15) is 0 Å². The van der Waals surface area contributed by atoms with Crippen LogP contribution in [0.1, 0.15) is 32.0 Å². The predicted molar refractivity (Wildman–Crippen MR) is 85.3 cm³/mol. The maximum atomic E-state index is 12.2. The molecule has 0 saturated heterocycles. The molecule has 6 heteroatoms. The van der Waals surface area contributed by atoms with Gasteiger partial charge in [0.1, 0.15) is 11.2 Å². The van der Waals surface area contributed by atoms with E-state index in [4.69, 9.17) is 4.74 Å². The number of pyridine rings is 1. The van der Waals surface area contributed by atoms with Crippen molar-refractivity contribution < 1.29 is 9.53 Å². The number of fused-ring (bicyclic) bond motifs is 1. The maximum absolute atomic E-state index is 12.2. The number of esters is 1. The van der Waals surface area contributed by atoms with Gasteiger partial charge >= 0.3 is 5.97 Å². The van der Waals surface area contributed by atoms with Gasteiger partial charge in [0.2, 0.25) is 0 Å². The summed E-state index contributed by atoms with van der Waals surface area (Å²) in [6.45, 7) is 7.29. The number of nitrogens with one attached hydrogen (secondary N) is 1. The molecule has 0 bridgehead atoms. The van der Waals surface area contributed by atoms with Crippen LogP contribution in [0.15, 0.2) is 23.1 Å². The van der Waals surface area contributed by atoms with Gasteiger partial charge in [-0.25, -0.2) is 9.78 Å². The van der Waals surface area contributed by atoms with Crippen molar-refractivity contribution in [2.24, 2.45) is 0 Å². The van der Waals surface area contributed by atoms with Crippen LogP contribution in [0.4, 0.5) is 5.69 Å². The Hall–Kier alpha value is -2.37. The highest BCUT2D eigenvalue weighted by atomic mass is 16.5. The van der Waals surface area contributed by atoms with Crippen LogP contribution < -0.4 is 10.9 Å². The Morgan fingerprint density at radius 3 is 2.68 bits per heavy atom. The molecule has 22 heavy (non-hydrogen) atoms. The molecule has 0 radical (unpaired) electrons. The Morgan fingerprint density at radius 1 is 1.41 bits per heavy atom. The predicted octanol–water partition coefficient (Wildman–Crippen LogP) is 1.93. The summed E-state index contributed by atoms with van der Waals surface area (Å²) in [5.41, 5.74) is 1.89. The number of methoxy groups -OCH3 is 1. The van der Waals surface area contributed by atoms with Gasteiger partial charge in [-0.05, 0) is 38.8 Å².